The van der Waals surface area contributed by atoms with Gasteiger partial charge in [-0.15, -0.1) is 0 Å². The molecular weight excluding hydrogens is 239 g/mol. The van der Waals surface area contributed by atoms with E-state index in [0.717, 1.165) is 5.56 Å². The Morgan fingerprint density at radius 1 is 1.53 bits per heavy atom. The Hall–Kier alpha value is -0.640. The van der Waals surface area contributed by atoms with Gasteiger partial charge >= 0.3 is 0 Å². The molecule has 0 radical (unpaired) electrons. The van der Waals surface area contributed by atoms with Gasteiger partial charge in [-0.3, -0.25) is 0 Å². The van der Waals surface area contributed by atoms with Crippen LogP contribution in [0.4, 0.5) is 4.39 Å². The van der Waals surface area contributed by atoms with Crippen LogP contribution < -0.4 is 11.1 Å². The normalized spacial score (nSPS) is 19.1. The van der Waals surface area contributed by atoms with Crippen molar-refractivity contribution in [2.24, 2.45) is 11.7 Å². The van der Waals surface area contributed by atoms with Crippen molar-refractivity contribution in [3.05, 3.63) is 34.6 Å². The fourth-order valence-electron chi connectivity index (χ4n) is 2.08. The maximum absolute atomic E-state index is 13.1. The Labute approximate surface area is 106 Å². The summed E-state index contributed by atoms with van der Waals surface area (Å²) >= 11 is 6.03. The van der Waals surface area contributed by atoms with Crippen molar-refractivity contribution in [1.29, 1.82) is 0 Å². The van der Waals surface area contributed by atoms with Crippen molar-refractivity contribution in [2.75, 3.05) is 6.54 Å². The molecule has 2 nitrogen and oxygen atoms in total. The highest BCUT2D eigenvalue weighted by Crippen LogP contribution is 2.39. The summed E-state index contributed by atoms with van der Waals surface area (Å²) in [5, 5.41) is 4.01. The van der Waals surface area contributed by atoms with Crippen LogP contribution in [0.25, 0.3) is 0 Å². The predicted octanol–water partition coefficient (Wildman–Crippen LogP) is 2.70. The van der Waals surface area contributed by atoms with E-state index in [2.05, 4.69) is 12.2 Å². The fraction of sp³-hybridized carbons (Fsp3) is 0.538. The van der Waals surface area contributed by atoms with Crippen LogP contribution in [-0.2, 0) is 6.54 Å². The first-order chi connectivity index (χ1) is 8.05. The van der Waals surface area contributed by atoms with E-state index in [1.54, 1.807) is 6.07 Å². The summed E-state index contributed by atoms with van der Waals surface area (Å²) in [6, 6.07) is 4.43. The molecule has 94 valence electrons. The highest BCUT2D eigenvalue weighted by atomic mass is 35.5. The number of hydrogen-bond acceptors (Lipinski definition) is 2. The number of nitrogens with two attached hydrogens (primary N) is 1. The smallest absolute Gasteiger partial charge is 0.123 e. The van der Waals surface area contributed by atoms with E-state index in [0.29, 0.717) is 24.0 Å². The van der Waals surface area contributed by atoms with E-state index in [4.69, 9.17) is 17.3 Å². The van der Waals surface area contributed by atoms with Crippen LogP contribution in [0.15, 0.2) is 18.2 Å². The molecule has 1 unspecified atom stereocenters. The van der Waals surface area contributed by atoms with E-state index < -0.39 is 0 Å². The zero-order chi connectivity index (χ0) is 12.5. The predicted molar refractivity (Wildman–Crippen MR) is 68.4 cm³/mol. The van der Waals surface area contributed by atoms with Crippen LogP contribution in [0.3, 0.4) is 0 Å². The monoisotopic (exact) mass is 256 g/mol. The van der Waals surface area contributed by atoms with Crippen molar-refractivity contribution in [1.82, 2.24) is 5.32 Å². The molecule has 0 spiro atoms. The standard InChI is InChI=1S/C13H18ClFN2/c1-13(8-16,10-2-3-10)17-7-9-6-11(15)4-5-12(9)14/h4-6,10,17H,2-3,7-8,16H2,1H3. The molecule has 0 aromatic heterocycles. The molecule has 2 rings (SSSR count). The molecule has 1 aliphatic carbocycles. The minimum Gasteiger partial charge on any atom is -0.329 e. The van der Waals surface area contributed by atoms with Gasteiger partial charge in [0.2, 0.25) is 0 Å². The maximum Gasteiger partial charge on any atom is 0.123 e. The quantitative estimate of drug-likeness (QED) is 0.850. The van der Waals surface area contributed by atoms with Crippen molar-refractivity contribution in [3.8, 4) is 0 Å². The lowest BCUT2D eigenvalue weighted by molar-refractivity contribution is 0.317. The highest BCUT2D eigenvalue weighted by Gasteiger charge is 2.39. The zero-order valence-electron chi connectivity index (χ0n) is 9.97. The first kappa shape index (κ1) is 12.8. The summed E-state index contributed by atoms with van der Waals surface area (Å²) in [5.74, 6) is 0.381. The molecule has 0 aliphatic heterocycles. The number of hydrogen-bond donors (Lipinski definition) is 2. The van der Waals surface area contributed by atoms with E-state index in [-0.39, 0.29) is 11.4 Å². The SMILES string of the molecule is CC(CN)(NCc1cc(F)ccc1Cl)C1CC1. The van der Waals surface area contributed by atoms with Gasteiger partial charge in [0, 0.05) is 23.7 Å². The molecule has 1 aromatic rings. The highest BCUT2D eigenvalue weighted by molar-refractivity contribution is 6.31. The van der Waals surface area contributed by atoms with Gasteiger partial charge in [0.1, 0.15) is 5.82 Å². The molecule has 1 aliphatic rings. The summed E-state index contributed by atoms with van der Waals surface area (Å²) in [6.45, 7) is 3.27. The largest absolute Gasteiger partial charge is 0.329 e. The van der Waals surface area contributed by atoms with Gasteiger partial charge in [0.15, 0.2) is 0 Å². The van der Waals surface area contributed by atoms with Gasteiger partial charge in [-0.05, 0) is 49.4 Å². The van der Waals surface area contributed by atoms with Crippen molar-refractivity contribution < 1.29 is 4.39 Å². The molecule has 0 saturated heterocycles. The molecule has 1 saturated carbocycles. The molecule has 17 heavy (non-hydrogen) atoms. The number of benzene rings is 1. The second kappa shape index (κ2) is 4.92. The van der Waals surface area contributed by atoms with E-state index >= 15 is 0 Å². The van der Waals surface area contributed by atoms with Crippen LogP contribution in [0, 0.1) is 11.7 Å². The summed E-state index contributed by atoms with van der Waals surface area (Å²) < 4.78 is 13.1. The Kier molecular flexibility index (Phi) is 3.71. The van der Waals surface area contributed by atoms with Crippen molar-refractivity contribution in [2.45, 2.75) is 31.8 Å². The Morgan fingerprint density at radius 3 is 2.82 bits per heavy atom. The molecule has 0 heterocycles. The van der Waals surface area contributed by atoms with Crippen LogP contribution in [0.1, 0.15) is 25.3 Å². The van der Waals surface area contributed by atoms with Gasteiger partial charge in [0.25, 0.3) is 0 Å². The maximum atomic E-state index is 13.1. The molecule has 1 atom stereocenters. The van der Waals surface area contributed by atoms with Gasteiger partial charge < -0.3 is 11.1 Å². The Bertz CT molecular complexity index is 406. The average Bonchev–Trinajstić information content (AvgIpc) is 3.14. The lowest BCUT2D eigenvalue weighted by Gasteiger charge is -2.30. The van der Waals surface area contributed by atoms with E-state index in [1.807, 2.05) is 0 Å². The number of rotatable bonds is 5. The van der Waals surface area contributed by atoms with E-state index in [1.165, 1.54) is 25.0 Å². The van der Waals surface area contributed by atoms with Crippen LogP contribution >= 0.6 is 11.6 Å². The molecule has 3 N–H and O–H groups in total. The first-order valence-corrected chi connectivity index (χ1v) is 6.32. The average molecular weight is 257 g/mol. The molecule has 0 bridgehead atoms. The zero-order valence-corrected chi connectivity index (χ0v) is 10.7. The minimum absolute atomic E-state index is 0.0599. The van der Waals surface area contributed by atoms with Gasteiger partial charge in [0.05, 0.1) is 0 Å². The fourth-order valence-corrected chi connectivity index (χ4v) is 2.26. The van der Waals surface area contributed by atoms with Gasteiger partial charge in [-0.1, -0.05) is 11.6 Å². The molecular formula is C13H18ClFN2. The lowest BCUT2D eigenvalue weighted by Crippen LogP contribution is -2.50. The minimum atomic E-state index is -0.257. The Balaban J connectivity index is 2.03. The number of nitrogens with one attached hydrogen (secondary N) is 1. The van der Waals surface area contributed by atoms with Gasteiger partial charge in [-0.2, -0.15) is 0 Å². The summed E-state index contributed by atoms with van der Waals surface area (Å²) in [4.78, 5) is 0. The first-order valence-electron chi connectivity index (χ1n) is 5.94. The van der Waals surface area contributed by atoms with Crippen molar-refractivity contribution in [3.63, 3.8) is 0 Å². The summed E-state index contributed by atoms with van der Waals surface area (Å²) in [5.41, 5.74) is 6.53. The second-order valence-corrected chi connectivity index (χ2v) is 5.39. The van der Waals surface area contributed by atoms with Crippen LogP contribution in [-0.4, -0.2) is 12.1 Å². The summed E-state index contributed by atoms with van der Waals surface area (Å²) in [7, 11) is 0. The molecule has 1 fully saturated rings. The second-order valence-electron chi connectivity index (χ2n) is 4.99. The third kappa shape index (κ3) is 2.97. The number of halogens is 2. The third-order valence-electron chi connectivity index (χ3n) is 3.59. The topological polar surface area (TPSA) is 38.0 Å². The van der Waals surface area contributed by atoms with Gasteiger partial charge in [-0.25, -0.2) is 4.39 Å². The lowest BCUT2D eigenvalue weighted by atomic mass is 9.95. The summed E-state index contributed by atoms with van der Waals surface area (Å²) in [6.07, 6.45) is 2.44. The van der Waals surface area contributed by atoms with Crippen LogP contribution in [0.2, 0.25) is 5.02 Å². The Morgan fingerprint density at radius 2 is 2.24 bits per heavy atom. The van der Waals surface area contributed by atoms with E-state index in [9.17, 15) is 4.39 Å². The van der Waals surface area contributed by atoms with Crippen LogP contribution in [0.5, 0.6) is 0 Å². The molecule has 1 aromatic carbocycles. The molecule has 4 heteroatoms. The molecule has 0 amide bonds. The van der Waals surface area contributed by atoms with Crippen molar-refractivity contribution >= 4 is 11.6 Å². The third-order valence-corrected chi connectivity index (χ3v) is 3.96.